The van der Waals surface area contributed by atoms with Crippen LogP contribution in [0.3, 0.4) is 0 Å². The Bertz CT molecular complexity index is 721. The molecular formula is C24H47N5O5S. The molecule has 2 heterocycles. The normalized spacial score (nSPS) is 9.94. The summed E-state index contributed by atoms with van der Waals surface area (Å²) in [6.07, 6.45) is 13.4. The van der Waals surface area contributed by atoms with Crippen molar-refractivity contribution in [3.63, 3.8) is 0 Å². The Balaban J connectivity index is -0.000000432. The zero-order valence-corrected chi connectivity index (χ0v) is 21.0. The third-order valence-corrected chi connectivity index (χ3v) is 4.59. The SMILES string of the molecule is C.C.COCCCCc1cccnc1.COCCNCc1cnccn1.COCCNS(C)(=O)=O. The summed E-state index contributed by atoms with van der Waals surface area (Å²) < 4.78 is 37.4. The molecule has 2 rings (SSSR count). The number of sulfonamides is 1. The third kappa shape index (κ3) is 28.1. The molecular weight excluding hydrogens is 470 g/mol. The first kappa shape index (κ1) is 37.5. The van der Waals surface area contributed by atoms with Gasteiger partial charge in [0.1, 0.15) is 0 Å². The molecule has 0 bridgehead atoms. The van der Waals surface area contributed by atoms with Crippen LogP contribution in [0.2, 0.25) is 0 Å². The molecule has 0 saturated heterocycles. The molecule has 2 N–H and O–H groups in total. The van der Waals surface area contributed by atoms with Crippen LogP contribution in [-0.2, 0) is 37.2 Å². The average molecular weight is 518 g/mol. The van der Waals surface area contributed by atoms with Gasteiger partial charge in [0.25, 0.3) is 0 Å². The quantitative estimate of drug-likeness (QED) is 0.364. The van der Waals surface area contributed by atoms with Crippen molar-refractivity contribution in [1.82, 2.24) is 25.0 Å². The smallest absolute Gasteiger partial charge is 0.208 e. The number of rotatable bonds is 14. The maximum absolute atomic E-state index is 10.3. The number of unbranched alkanes of at least 4 members (excludes halogenated alkanes) is 1. The van der Waals surface area contributed by atoms with Crippen LogP contribution in [-0.4, -0.2) is 83.9 Å². The molecule has 2 aromatic heterocycles. The fourth-order valence-electron chi connectivity index (χ4n) is 2.26. The summed E-state index contributed by atoms with van der Waals surface area (Å²) in [7, 11) is 1.92. The van der Waals surface area contributed by atoms with E-state index >= 15 is 0 Å². The molecule has 0 radical (unpaired) electrons. The Kier molecular flexibility index (Phi) is 28.5. The average Bonchev–Trinajstić information content (AvgIpc) is 2.81. The van der Waals surface area contributed by atoms with Crippen molar-refractivity contribution in [2.45, 2.75) is 40.7 Å². The van der Waals surface area contributed by atoms with Crippen LogP contribution in [0.25, 0.3) is 0 Å². The van der Waals surface area contributed by atoms with Crippen molar-refractivity contribution in [3.8, 4) is 0 Å². The van der Waals surface area contributed by atoms with Gasteiger partial charge in [-0.05, 0) is 30.9 Å². The summed E-state index contributed by atoms with van der Waals surface area (Å²) in [5.41, 5.74) is 2.27. The van der Waals surface area contributed by atoms with E-state index in [0.717, 1.165) is 51.1 Å². The van der Waals surface area contributed by atoms with E-state index in [2.05, 4.69) is 35.8 Å². The Morgan fingerprint density at radius 3 is 2.06 bits per heavy atom. The number of ether oxygens (including phenoxy) is 3. The van der Waals surface area contributed by atoms with Gasteiger partial charge in [-0.15, -0.1) is 0 Å². The van der Waals surface area contributed by atoms with Crippen molar-refractivity contribution >= 4 is 10.0 Å². The number of hydrogen-bond acceptors (Lipinski definition) is 9. The molecule has 0 aromatic carbocycles. The number of nitrogens with zero attached hydrogens (tertiary/aromatic N) is 3. The summed E-state index contributed by atoms with van der Waals surface area (Å²) >= 11 is 0. The van der Waals surface area contributed by atoms with E-state index in [-0.39, 0.29) is 14.9 Å². The molecule has 0 amide bonds. The minimum Gasteiger partial charge on any atom is -0.385 e. The molecule has 0 unspecified atom stereocenters. The molecule has 0 atom stereocenters. The molecule has 0 aliphatic carbocycles. The van der Waals surface area contributed by atoms with Gasteiger partial charge in [0.15, 0.2) is 0 Å². The van der Waals surface area contributed by atoms with E-state index in [1.165, 1.54) is 19.1 Å². The highest BCUT2D eigenvalue weighted by Gasteiger charge is 1.96. The Labute approximate surface area is 213 Å². The second-order valence-electron chi connectivity index (χ2n) is 6.84. The summed E-state index contributed by atoms with van der Waals surface area (Å²) in [5, 5.41) is 3.18. The highest BCUT2D eigenvalue weighted by atomic mass is 32.2. The Hall–Kier alpha value is -2.02. The van der Waals surface area contributed by atoms with Gasteiger partial charge >= 0.3 is 0 Å². The van der Waals surface area contributed by atoms with Crippen LogP contribution < -0.4 is 10.0 Å². The van der Waals surface area contributed by atoms with Gasteiger partial charge in [0.05, 0.1) is 25.2 Å². The van der Waals surface area contributed by atoms with Gasteiger partial charge < -0.3 is 19.5 Å². The third-order valence-electron chi connectivity index (χ3n) is 3.86. The maximum Gasteiger partial charge on any atom is 0.208 e. The number of aryl methyl sites for hydroxylation is 1. The summed E-state index contributed by atoms with van der Waals surface area (Å²) in [4.78, 5) is 12.1. The van der Waals surface area contributed by atoms with Crippen LogP contribution in [0.1, 0.15) is 39.0 Å². The van der Waals surface area contributed by atoms with E-state index in [1.54, 1.807) is 39.0 Å². The lowest BCUT2D eigenvalue weighted by atomic mass is 10.1. The molecule has 0 aliphatic rings. The number of methoxy groups -OCH3 is 3. The van der Waals surface area contributed by atoms with E-state index in [0.29, 0.717) is 13.2 Å². The van der Waals surface area contributed by atoms with Crippen LogP contribution in [0, 0.1) is 0 Å². The topological polar surface area (TPSA) is 125 Å². The second-order valence-corrected chi connectivity index (χ2v) is 8.67. The van der Waals surface area contributed by atoms with Crippen molar-refractivity contribution in [3.05, 3.63) is 54.4 Å². The lowest BCUT2D eigenvalue weighted by Crippen LogP contribution is -2.25. The Morgan fingerprint density at radius 2 is 1.51 bits per heavy atom. The van der Waals surface area contributed by atoms with Crippen LogP contribution in [0.15, 0.2) is 43.1 Å². The Morgan fingerprint density at radius 1 is 0.857 bits per heavy atom. The van der Waals surface area contributed by atoms with Crippen LogP contribution in [0.4, 0.5) is 0 Å². The maximum atomic E-state index is 10.3. The molecule has 0 saturated carbocycles. The number of aromatic nitrogens is 3. The summed E-state index contributed by atoms with van der Waals surface area (Å²) in [6.45, 7) is 3.92. The fraction of sp³-hybridized carbons (Fsp3) is 0.625. The van der Waals surface area contributed by atoms with E-state index in [4.69, 9.17) is 9.47 Å². The molecule has 0 spiro atoms. The van der Waals surface area contributed by atoms with E-state index in [1.807, 2.05) is 12.3 Å². The van der Waals surface area contributed by atoms with Gasteiger partial charge in [0, 0.05) is 78.6 Å². The van der Waals surface area contributed by atoms with Crippen LogP contribution in [0.5, 0.6) is 0 Å². The van der Waals surface area contributed by atoms with Crippen molar-refractivity contribution < 1.29 is 22.6 Å². The predicted molar refractivity (Wildman–Crippen MR) is 143 cm³/mol. The predicted octanol–water partition coefficient (Wildman–Crippen LogP) is 2.72. The van der Waals surface area contributed by atoms with Gasteiger partial charge in [-0.3, -0.25) is 15.0 Å². The van der Waals surface area contributed by atoms with Crippen molar-refractivity contribution in [1.29, 1.82) is 0 Å². The number of pyridine rings is 1. The zero-order chi connectivity index (χ0) is 24.6. The monoisotopic (exact) mass is 517 g/mol. The lowest BCUT2D eigenvalue weighted by molar-refractivity contribution is 0.193. The first-order valence-corrected chi connectivity index (χ1v) is 12.6. The highest BCUT2D eigenvalue weighted by molar-refractivity contribution is 7.88. The van der Waals surface area contributed by atoms with Gasteiger partial charge in [-0.1, -0.05) is 20.9 Å². The highest BCUT2D eigenvalue weighted by Crippen LogP contribution is 2.02. The molecule has 35 heavy (non-hydrogen) atoms. The largest absolute Gasteiger partial charge is 0.385 e. The number of nitrogens with one attached hydrogen (secondary N) is 2. The van der Waals surface area contributed by atoms with Gasteiger partial charge in [0.2, 0.25) is 10.0 Å². The minimum absolute atomic E-state index is 0. The molecule has 204 valence electrons. The fourth-order valence-corrected chi connectivity index (χ4v) is 2.72. The second kappa shape index (κ2) is 26.6. The van der Waals surface area contributed by atoms with Crippen LogP contribution >= 0.6 is 0 Å². The number of hydrogen-bond donors (Lipinski definition) is 2. The summed E-state index contributed by atoms with van der Waals surface area (Å²) in [5.74, 6) is 0. The van der Waals surface area contributed by atoms with Gasteiger partial charge in [-0.2, -0.15) is 0 Å². The molecule has 10 nitrogen and oxygen atoms in total. The minimum atomic E-state index is -3.03. The van der Waals surface area contributed by atoms with Crippen molar-refractivity contribution in [2.24, 2.45) is 0 Å². The summed E-state index contributed by atoms with van der Waals surface area (Å²) in [6, 6.07) is 4.09. The molecule has 11 heteroatoms. The standard InChI is InChI=1S/C10H15NO.C8H13N3O.C4H11NO3S.2CH4/c1-12-8-3-2-5-10-6-4-7-11-9-10;1-12-5-4-10-7-8-6-9-2-3-11-8;1-8-4-3-5-9(2,6)7;;/h4,6-7,9H,2-3,5,8H2,1H3;2-3,6,10H,4-5,7H2,1H3;5H,3-4H2,1-2H3;2*1H4. The molecule has 0 fully saturated rings. The molecule has 2 aromatic rings. The molecule has 0 aliphatic heterocycles. The first-order valence-electron chi connectivity index (χ1n) is 10.7. The zero-order valence-electron chi connectivity index (χ0n) is 20.2. The first-order chi connectivity index (χ1) is 15.9. The van der Waals surface area contributed by atoms with Crippen molar-refractivity contribution in [2.75, 3.05) is 60.5 Å². The lowest BCUT2D eigenvalue weighted by Gasteiger charge is -2.01. The van der Waals surface area contributed by atoms with E-state index in [9.17, 15) is 8.42 Å². The van der Waals surface area contributed by atoms with Gasteiger partial charge in [-0.25, -0.2) is 13.1 Å². The van der Waals surface area contributed by atoms with E-state index < -0.39 is 10.0 Å².